The SMILES string of the molecule is CC.COCC(C)(C)N1CCNCC1. The van der Waals surface area contributed by atoms with Crippen LogP contribution in [0.3, 0.4) is 0 Å². The summed E-state index contributed by atoms with van der Waals surface area (Å²) in [4.78, 5) is 2.48. The number of methoxy groups -OCH3 is 1. The van der Waals surface area contributed by atoms with Crippen LogP contribution in [0.2, 0.25) is 0 Å². The molecule has 0 aromatic rings. The second-order valence-electron chi connectivity index (χ2n) is 3.98. The summed E-state index contributed by atoms with van der Waals surface area (Å²) in [6.45, 7) is 13.8. The summed E-state index contributed by atoms with van der Waals surface area (Å²) in [5, 5.41) is 3.35. The Hall–Kier alpha value is -0.120. The van der Waals surface area contributed by atoms with Crippen LogP contribution in [-0.4, -0.2) is 50.3 Å². The van der Waals surface area contributed by atoms with E-state index in [9.17, 15) is 0 Å². The molecule has 1 saturated heterocycles. The molecule has 14 heavy (non-hydrogen) atoms. The molecule has 3 heteroatoms. The van der Waals surface area contributed by atoms with Crippen LogP contribution in [0.15, 0.2) is 0 Å². The van der Waals surface area contributed by atoms with E-state index in [-0.39, 0.29) is 5.54 Å². The Kier molecular flexibility index (Phi) is 7.15. The number of ether oxygens (including phenoxy) is 1. The number of nitrogens with zero attached hydrogens (tertiary/aromatic N) is 1. The first kappa shape index (κ1) is 13.9. The van der Waals surface area contributed by atoms with Gasteiger partial charge in [0.1, 0.15) is 0 Å². The Morgan fingerprint density at radius 3 is 2.14 bits per heavy atom. The van der Waals surface area contributed by atoms with E-state index in [1.54, 1.807) is 7.11 Å². The molecule has 1 rings (SSSR count). The number of rotatable bonds is 3. The summed E-state index contributed by atoms with van der Waals surface area (Å²) in [5.41, 5.74) is 0.191. The fraction of sp³-hybridized carbons (Fsp3) is 1.00. The van der Waals surface area contributed by atoms with Crippen molar-refractivity contribution < 1.29 is 4.74 Å². The van der Waals surface area contributed by atoms with Crippen LogP contribution >= 0.6 is 0 Å². The van der Waals surface area contributed by atoms with E-state index in [0.29, 0.717) is 0 Å². The Bertz CT molecular complexity index is 131. The van der Waals surface area contributed by atoms with E-state index in [1.807, 2.05) is 13.8 Å². The van der Waals surface area contributed by atoms with Crippen LogP contribution in [0.1, 0.15) is 27.7 Å². The first-order valence-electron chi connectivity index (χ1n) is 5.61. The number of piperazine rings is 1. The van der Waals surface area contributed by atoms with E-state index >= 15 is 0 Å². The molecule has 0 spiro atoms. The molecule has 1 aliphatic rings. The molecule has 3 nitrogen and oxygen atoms in total. The van der Waals surface area contributed by atoms with Gasteiger partial charge in [-0.15, -0.1) is 0 Å². The molecule has 0 aromatic carbocycles. The maximum atomic E-state index is 5.20. The van der Waals surface area contributed by atoms with Gasteiger partial charge >= 0.3 is 0 Å². The summed E-state index contributed by atoms with van der Waals surface area (Å²) >= 11 is 0. The number of nitrogens with one attached hydrogen (secondary N) is 1. The fourth-order valence-corrected chi connectivity index (χ4v) is 1.71. The average molecular weight is 202 g/mol. The van der Waals surface area contributed by atoms with Gasteiger partial charge in [-0.05, 0) is 13.8 Å². The summed E-state index contributed by atoms with van der Waals surface area (Å²) < 4.78 is 5.20. The maximum absolute atomic E-state index is 5.20. The topological polar surface area (TPSA) is 24.5 Å². The molecule has 0 unspecified atom stereocenters. The summed E-state index contributed by atoms with van der Waals surface area (Å²) in [6, 6.07) is 0. The van der Waals surface area contributed by atoms with E-state index in [1.165, 1.54) is 0 Å². The first-order valence-corrected chi connectivity index (χ1v) is 5.61. The third kappa shape index (κ3) is 4.40. The van der Waals surface area contributed by atoms with Gasteiger partial charge in [0.15, 0.2) is 0 Å². The third-order valence-corrected chi connectivity index (χ3v) is 2.47. The lowest BCUT2D eigenvalue weighted by Crippen LogP contribution is -2.55. The van der Waals surface area contributed by atoms with Crippen LogP contribution in [0.5, 0.6) is 0 Å². The molecule has 0 amide bonds. The van der Waals surface area contributed by atoms with E-state index in [2.05, 4.69) is 24.1 Å². The van der Waals surface area contributed by atoms with Gasteiger partial charge in [0.25, 0.3) is 0 Å². The summed E-state index contributed by atoms with van der Waals surface area (Å²) in [6.07, 6.45) is 0. The van der Waals surface area contributed by atoms with Gasteiger partial charge in [-0.1, -0.05) is 13.8 Å². The van der Waals surface area contributed by atoms with Crippen LogP contribution in [0, 0.1) is 0 Å². The highest BCUT2D eigenvalue weighted by molar-refractivity contribution is 4.84. The molecule has 0 atom stereocenters. The summed E-state index contributed by atoms with van der Waals surface area (Å²) in [7, 11) is 1.77. The highest BCUT2D eigenvalue weighted by atomic mass is 16.5. The molecule has 0 aromatic heterocycles. The van der Waals surface area contributed by atoms with Gasteiger partial charge < -0.3 is 10.1 Å². The van der Waals surface area contributed by atoms with Crippen LogP contribution < -0.4 is 5.32 Å². The van der Waals surface area contributed by atoms with E-state index in [0.717, 1.165) is 32.8 Å². The molecule has 1 fully saturated rings. The van der Waals surface area contributed by atoms with Gasteiger partial charge in [0.05, 0.1) is 6.61 Å². The minimum Gasteiger partial charge on any atom is -0.383 e. The molecule has 1 N–H and O–H groups in total. The Balaban J connectivity index is 0.000000791. The van der Waals surface area contributed by atoms with Crippen molar-refractivity contribution in [3.05, 3.63) is 0 Å². The highest BCUT2D eigenvalue weighted by Crippen LogP contribution is 2.14. The zero-order chi connectivity index (χ0) is 11.0. The average Bonchev–Trinajstić information content (AvgIpc) is 2.22. The van der Waals surface area contributed by atoms with Crippen molar-refractivity contribution in [2.75, 3.05) is 39.9 Å². The van der Waals surface area contributed by atoms with Gasteiger partial charge in [-0.3, -0.25) is 4.90 Å². The van der Waals surface area contributed by atoms with E-state index < -0.39 is 0 Å². The van der Waals surface area contributed by atoms with Crippen molar-refractivity contribution in [3.63, 3.8) is 0 Å². The molecule has 0 saturated carbocycles. The second kappa shape index (κ2) is 7.21. The monoisotopic (exact) mass is 202 g/mol. The fourth-order valence-electron chi connectivity index (χ4n) is 1.71. The smallest absolute Gasteiger partial charge is 0.0641 e. The molecule has 0 aliphatic carbocycles. The lowest BCUT2D eigenvalue weighted by molar-refractivity contribution is 0.0264. The van der Waals surface area contributed by atoms with Crippen molar-refractivity contribution >= 4 is 0 Å². The first-order chi connectivity index (χ1) is 6.67. The predicted molar refractivity (Wildman–Crippen MR) is 61.7 cm³/mol. The minimum absolute atomic E-state index is 0.191. The lowest BCUT2D eigenvalue weighted by Gasteiger charge is -2.40. The molecule has 86 valence electrons. The number of hydrogen-bond acceptors (Lipinski definition) is 3. The minimum atomic E-state index is 0.191. The molecule has 1 aliphatic heterocycles. The number of hydrogen-bond donors (Lipinski definition) is 1. The molecule has 0 bridgehead atoms. The molecule has 1 heterocycles. The van der Waals surface area contributed by atoms with Crippen LogP contribution in [0.25, 0.3) is 0 Å². The van der Waals surface area contributed by atoms with Crippen molar-refractivity contribution in [1.82, 2.24) is 10.2 Å². The van der Waals surface area contributed by atoms with Crippen LogP contribution in [0.4, 0.5) is 0 Å². The maximum Gasteiger partial charge on any atom is 0.0641 e. The second-order valence-corrected chi connectivity index (χ2v) is 3.98. The highest BCUT2D eigenvalue weighted by Gasteiger charge is 2.27. The standard InChI is InChI=1S/C9H20N2O.C2H6/c1-9(2,8-12-3)11-6-4-10-5-7-11;1-2/h10H,4-8H2,1-3H3;1-2H3. The van der Waals surface area contributed by atoms with Crippen LogP contribution in [-0.2, 0) is 4.74 Å². The predicted octanol–water partition coefficient (Wildman–Crippen LogP) is 1.34. The zero-order valence-corrected chi connectivity index (χ0v) is 10.4. The van der Waals surface area contributed by atoms with Crippen molar-refractivity contribution in [2.45, 2.75) is 33.2 Å². The lowest BCUT2D eigenvalue weighted by atomic mass is 10.0. The van der Waals surface area contributed by atoms with Crippen molar-refractivity contribution in [2.24, 2.45) is 0 Å². The molecular weight excluding hydrogens is 176 g/mol. The quantitative estimate of drug-likeness (QED) is 0.747. The largest absolute Gasteiger partial charge is 0.383 e. The van der Waals surface area contributed by atoms with Gasteiger partial charge in [0.2, 0.25) is 0 Å². The van der Waals surface area contributed by atoms with Gasteiger partial charge in [0, 0.05) is 38.8 Å². The molecule has 0 radical (unpaired) electrons. The van der Waals surface area contributed by atoms with Gasteiger partial charge in [-0.2, -0.15) is 0 Å². The Morgan fingerprint density at radius 2 is 1.71 bits per heavy atom. The Morgan fingerprint density at radius 1 is 1.21 bits per heavy atom. The van der Waals surface area contributed by atoms with E-state index in [4.69, 9.17) is 4.74 Å². The van der Waals surface area contributed by atoms with Crippen molar-refractivity contribution in [3.8, 4) is 0 Å². The summed E-state index contributed by atoms with van der Waals surface area (Å²) in [5.74, 6) is 0. The molecular formula is C11H26N2O. The normalized spacial score (nSPS) is 18.6. The third-order valence-electron chi connectivity index (χ3n) is 2.47. The van der Waals surface area contributed by atoms with Crippen molar-refractivity contribution in [1.29, 1.82) is 0 Å². The Labute approximate surface area is 88.8 Å². The zero-order valence-electron chi connectivity index (χ0n) is 10.4. The van der Waals surface area contributed by atoms with Gasteiger partial charge in [-0.25, -0.2) is 0 Å².